The topological polar surface area (TPSA) is 41.9 Å². The maximum Gasteiger partial charge on any atom is 0.176 e. The first-order chi connectivity index (χ1) is 15.4. The molecule has 0 bridgehead atoms. The Morgan fingerprint density at radius 2 is 1.91 bits per heavy atom. The highest BCUT2D eigenvalue weighted by atomic mass is 32.2. The molecule has 32 heavy (non-hydrogen) atoms. The number of nitrogens with one attached hydrogen (secondary N) is 2. The summed E-state index contributed by atoms with van der Waals surface area (Å²) in [6.45, 7) is 1.79. The van der Waals surface area contributed by atoms with E-state index in [1.165, 1.54) is 24.1 Å². The van der Waals surface area contributed by atoms with Crippen molar-refractivity contribution in [3.63, 3.8) is 0 Å². The maximum absolute atomic E-state index is 15.4. The summed E-state index contributed by atoms with van der Waals surface area (Å²) in [5.74, 6) is -1.03. The van der Waals surface area contributed by atoms with Crippen LogP contribution in [0.3, 0.4) is 0 Å². The molecule has 1 fully saturated rings. The van der Waals surface area contributed by atoms with Crippen LogP contribution < -0.4 is 10.0 Å². The van der Waals surface area contributed by atoms with Crippen molar-refractivity contribution in [1.29, 1.82) is 0 Å². The Morgan fingerprint density at radius 3 is 2.69 bits per heavy atom. The van der Waals surface area contributed by atoms with Crippen molar-refractivity contribution in [2.75, 3.05) is 10.0 Å². The van der Waals surface area contributed by atoms with Crippen molar-refractivity contribution in [2.24, 2.45) is 7.05 Å². The number of nitrogens with zero attached hydrogens (tertiary/aromatic N) is 2. The van der Waals surface area contributed by atoms with Gasteiger partial charge in [0.25, 0.3) is 0 Å². The van der Waals surface area contributed by atoms with E-state index in [-0.39, 0.29) is 33.9 Å². The third kappa shape index (κ3) is 3.90. The summed E-state index contributed by atoms with van der Waals surface area (Å²) in [6.07, 6.45) is 2.44. The van der Waals surface area contributed by atoms with Crippen LogP contribution in [-0.2, 0) is 7.05 Å². The molecule has 1 aliphatic carbocycles. The van der Waals surface area contributed by atoms with Crippen LogP contribution in [0.4, 0.5) is 30.2 Å². The largest absolute Gasteiger partial charge is 0.349 e. The minimum atomic E-state index is -0.552. The van der Waals surface area contributed by atoms with Crippen molar-refractivity contribution in [3.05, 3.63) is 83.4 Å². The molecular weight excluding hydrogens is 433 g/mol. The monoisotopic (exact) mass is 454 g/mol. The summed E-state index contributed by atoms with van der Waals surface area (Å²) < 4.78 is 48.4. The number of aryl methyl sites for hydroxylation is 2. The zero-order valence-electron chi connectivity index (χ0n) is 17.5. The zero-order chi connectivity index (χ0) is 22.4. The lowest BCUT2D eigenvalue weighted by Gasteiger charge is -2.16. The van der Waals surface area contributed by atoms with Crippen LogP contribution in [0.2, 0.25) is 0 Å². The Labute approximate surface area is 188 Å². The average Bonchev–Trinajstić information content (AvgIpc) is 3.45. The lowest BCUT2D eigenvalue weighted by atomic mass is 10.1. The number of imidazole rings is 1. The standard InChI is InChI=1S/C24H21F3N4S/c1-13-6-7-18(17(26)8-13)29-23-19(11-20-24(22(23)27)28-12-31(20)2)30-32-21-10-16(21)14-4-3-5-15(25)9-14/h3-9,11-12,16,21,29-30H,10H2,1-2H3. The van der Waals surface area contributed by atoms with E-state index in [2.05, 4.69) is 15.0 Å². The summed E-state index contributed by atoms with van der Waals surface area (Å²) in [5.41, 5.74) is 3.38. The fourth-order valence-electron chi connectivity index (χ4n) is 3.81. The summed E-state index contributed by atoms with van der Waals surface area (Å²) >= 11 is 1.46. The van der Waals surface area contributed by atoms with E-state index in [0.29, 0.717) is 11.2 Å². The first-order valence-electron chi connectivity index (χ1n) is 10.2. The maximum atomic E-state index is 15.4. The average molecular weight is 455 g/mol. The second-order valence-electron chi connectivity index (χ2n) is 8.10. The van der Waals surface area contributed by atoms with E-state index < -0.39 is 11.6 Å². The number of anilines is 3. The van der Waals surface area contributed by atoms with Gasteiger partial charge < -0.3 is 14.6 Å². The number of hydrogen-bond acceptors (Lipinski definition) is 4. The van der Waals surface area contributed by atoms with Crippen molar-refractivity contribution in [1.82, 2.24) is 9.55 Å². The third-order valence-electron chi connectivity index (χ3n) is 5.67. The second kappa shape index (κ2) is 8.09. The highest BCUT2D eigenvalue weighted by Crippen LogP contribution is 2.50. The van der Waals surface area contributed by atoms with Gasteiger partial charge in [-0.25, -0.2) is 18.2 Å². The van der Waals surface area contributed by atoms with E-state index in [1.807, 2.05) is 6.07 Å². The molecular formula is C24H21F3N4S. The van der Waals surface area contributed by atoms with Gasteiger partial charge in [0, 0.05) is 12.3 Å². The summed E-state index contributed by atoms with van der Waals surface area (Å²) in [5, 5.41) is 3.14. The van der Waals surface area contributed by atoms with Gasteiger partial charge in [-0.2, -0.15) is 0 Å². The van der Waals surface area contributed by atoms with Gasteiger partial charge in [-0.15, -0.1) is 0 Å². The Kier molecular flexibility index (Phi) is 5.25. The van der Waals surface area contributed by atoms with E-state index in [1.54, 1.807) is 55.2 Å². The molecule has 1 aromatic heterocycles. The van der Waals surface area contributed by atoms with Crippen LogP contribution in [0.5, 0.6) is 0 Å². The van der Waals surface area contributed by atoms with Crippen LogP contribution in [-0.4, -0.2) is 14.8 Å². The van der Waals surface area contributed by atoms with Gasteiger partial charge in [-0.3, -0.25) is 0 Å². The van der Waals surface area contributed by atoms with Gasteiger partial charge in [-0.05, 0) is 72.7 Å². The van der Waals surface area contributed by atoms with Crippen molar-refractivity contribution in [2.45, 2.75) is 24.5 Å². The van der Waals surface area contributed by atoms with Gasteiger partial charge in [0.2, 0.25) is 0 Å². The van der Waals surface area contributed by atoms with E-state index in [0.717, 1.165) is 17.5 Å². The molecule has 4 aromatic rings. The molecule has 1 saturated carbocycles. The van der Waals surface area contributed by atoms with E-state index in [9.17, 15) is 8.78 Å². The normalized spacial score (nSPS) is 17.5. The van der Waals surface area contributed by atoms with Gasteiger partial charge in [0.15, 0.2) is 5.82 Å². The molecule has 0 amide bonds. The molecule has 0 saturated heterocycles. The SMILES string of the molecule is Cc1ccc(Nc2c(NSC3CC3c3cccc(F)c3)cc3c(ncn3C)c2F)c(F)c1. The van der Waals surface area contributed by atoms with E-state index >= 15 is 4.39 Å². The van der Waals surface area contributed by atoms with Gasteiger partial charge >= 0.3 is 0 Å². The summed E-state index contributed by atoms with van der Waals surface area (Å²) in [4.78, 5) is 4.15. The summed E-state index contributed by atoms with van der Waals surface area (Å²) in [7, 11) is 1.79. The van der Waals surface area contributed by atoms with Gasteiger partial charge in [0.05, 0.1) is 23.2 Å². The fraction of sp³-hybridized carbons (Fsp3) is 0.208. The molecule has 1 heterocycles. The number of halogens is 3. The van der Waals surface area contributed by atoms with Gasteiger partial charge in [-0.1, -0.05) is 18.2 Å². The molecule has 2 N–H and O–H groups in total. The predicted octanol–water partition coefficient (Wildman–Crippen LogP) is 6.66. The van der Waals surface area contributed by atoms with Crippen LogP contribution in [0.15, 0.2) is 54.9 Å². The molecule has 2 unspecified atom stereocenters. The highest BCUT2D eigenvalue weighted by molar-refractivity contribution is 8.01. The minimum absolute atomic E-state index is 0.134. The van der Waals surface area contributed by atoms with Crippen LogP contribution in [0.25, 0.3) is 11.0 Å². The highest BCUT2D eigenvalue weighted by Gasteiger charge is 2.39. The first kappa shape index (κ1) is 20.8. The fourth-order valence-corrected chi connectivity index (χ4v) is 4.88. The quantitative estimate of drug-likeness (QED) is 0.320. The molecule has 3 aromatic carbocycles. The molecule has 8 heteroatoms. The lowest BCUT2D eigenvalue weighted by molar-refractivity contribution is 0.625. The lowest BCUT2D eigenvalue weighted by Crippen LogP contribution is -2.03. The van der Waals surface area contributed by atoms with Gasteiger partial charge in [0.1, 0.15) is 22.8 Å². The molecule has 0 radical (unpaired) electrons. The molecule has 0 spiro atoms. The second-order valence-corrected chi connectivity index (χ2v) is 9.15. The molecule has 0 aliphatic heterocycles. The molecule has 5 rings (SSSR count). The Morgan fingerprint density at radius 1 is 1.06 bits per heavy atom. The predicted molar refractivity (Wildman–Crippen MR) is 124 cm³/mol. The number of rotatable bonds is 6. The molecule has 1 aliphatic rings. The van der Waals surface area contributed by atoms with Crippen molar-refractivity contribution in [3.8, 4) is 0 Å². The zero-order valence-corrected chi connectivity index (χ0v) is 18.3. The minimum Gasteiger partial charge on any atom is -0.349 e. The van der Waals surface area contributed by atoms with Crippen LogP contribution in [0.1, 0.15) is 23.5 Å². The number of fused-ring (bicyclic) bond motifs is 1. The smallest absolute Gasteiger partial charge is 0.176 e. The number of hydrogen-bond donors (Lipinski definition) is 2. The van der Waals surface area contributed by atoms with Crippen LogP contribution >= 0.6 is 11.9 Å². The van der Waals surface area contributed by atoms with Crippen molar-refractivity contribution < 1.29 is 13.2 Å². The Hall–Kier alpha value is -3.13. The number of benzene rings is 3. The van der Waals surface area contributed by atoms with Crippen molar-refractivity contribution >= 4 is 40.0 Å². The molecule has 4 nitrogen and oxygen atoms in total. The Balaban J connectivity index is 1.43. The third-order valence-corrected chi connectivity index (χ3v) is 6.84. The van der Waals surface area contributed by atoms with E-state index in [4.69, 9.17) is 0 Å². The number of aromatic nitrogens is 2. The Bertz CT molecular complexity index is 1320. The first-order valence-corrected chi connectivity index (χ1v) is 11.1. The molecule has 2 atom stereocenters. The van der Waals surface area contributed by atoms with Crippen LogP contribution in [0, 0.1) is 24.4 Å². The summed E-state index contributed by atoms with van der Waals surface area (Å²) in [6, 6.07) is 13.2. The molecule has 164 valence electrons.